The van der Waals surface area contributed by atoms with Crippen molar-refractivity contribution in [2.45, 2.75) is 10.1 Å². The molecule has 21 heteroatoms. The third-order valence-corrected chi connectivity index (χ3v) is 5.81. The first-order chi connectivity index (χ1) is 19.1. The predicted molar refractivity (Wildman–Crippen MR) is 148 cm³/mol. The van der Waals surface area contributed by atoms with Crippen molar-refractivity contribution in [1.29, 1.82) is 0 Å². The molecule has 0 bridgehead atoms. The van der Waals surface area contributed by atoms with E-state index in [1.165, 1.54) is 0 Å². The van der Waals surface area contributed by atoms with Gasteiger partial charge in [0.05, 0.1) is 17.1 Å². The zero-order chi connectivity index (χ0) is 29.0. The van der Waals surface area contributed by atoms with Gasteiger partial charge in [0.15, 0.2) is 11.3 Å². The van der Waals surface area contributed by atoms with Crippen LogP contribution in [0.1, 0.15) is 0 Å². The number of nitrogens with one attached hydrogen (secondary N) is 1. The van der Waals surface area contributed by atoms with Gasteiger partial charge in [0, 0.05) is 15.8 Å². The zero-order valence-electron chi connectivity index (χ0n) is 20.0. The van der Waals surface area contributed by atoms with Crippen LogP contribution in [0.25, 0.3) is 0 Å². The monoisotopic (exact) mass is 644 g/mol. The summed E-state index contributed by atoms with van der Waals surface area (Å²) in [5.41, 5.74) is 1.63. The van der Waals surface area contributed by atoms with E-state index >= 15 is 0 Å². The van der Waals surface area contributed by atoms with E-state index in [1.807, 2.05) is 6.11 Å². The van der Waals surface area contributed by atoms with Crippen molar-refractivity contribution in [2.24, 2.45) is 21.1 Å². The molecule has 0 aliphatic heterocycles. The van der Waals surface area contributed by atoms with E-state index in [4.69, 9.17) is 27.2 Å². The van der Waals surface area contributed by atoms with Gasteiger partial charge in [-0.3, -0.25) is 14.2 Å². The van der Waals surface area contributed by atoms with Gasteiger partial charge in [-0.05, 0) is 70.2 Å². The van der Waals surface area contributed by atoms with Crippen LogP contribution in [0.3, 0.4) is 0 Å². The van der Waals surface area contributed by atoms with Crippen LogP contribution in [0, 0.1) is 11.4 Å². The Labute approximate surface area is 244 Å². The second kappa shape index (κ2) is 16.3. The molecule has 0 amide bonds. The van der Waals surface area contributed by atoms with Gasteiger partial charge in [-0.2, -0.15) is 34.4 Å². The number of aliphatic imine (C=N–C) groups is 1. The summed E-state index contributed by atoms with van der Waals surface area (Å²) in [6.07, 6.45) is 2.94. The van der Waals surface area contributed by atoms with Crippen LogP contribution >= 0.6 is 35.1 Å². The maximum absolute atomic E-state index is 10.8. The SMILES string of the molecule is NOC=Nc1cc(Nc2nc(Cl)nc(SCC(=O)O)n2)ccc1N=Nc1ccc(SC#COOS(=O)(=O)O)cc1.O. The number of anilines is 2. The van der Waals surface area contributed by atoms with Gasteiger partial charge in [-0.25, -0.2) is 4.99 Å². The maximum Gasteiger partial charge on any atom is 0.433 e. The Morgan fingerprint density at radius 3 is 2.59 bits per heavy atom. The number of rotatable bonds is 12. The number of thioether (sulfide) groups is 2. The van der Waals surface area contributed by atoms with Crippen molar-refractivity contribution in [1.82, 2.24) is 15.0 Å². The number of halogens is 1. The summed E-state index contributed by atoms with van der Waals surface area (Å²) < 4.78 is 32.7. The number of carboxylic acid groups (broad SMARTS) is 1. The summed E-state index contributed by atoms with van der Waals surface area (Å²) in [4.78, 5) is 36.0. The minimum atomic E-state index is -4.75. The summed E-state index contributed by atoms with van der Waals surface area (Å²) in [5.74, 6) is 3.84. The highest BCUT2D eigenvalue weighted by Gasteiger charge is 2.10. The van der Waals surface area contributed by atoms with E-state index in [0.29, 0.717) is 27.6 Å². The molecular formula is C20H17ClN8O9S3. The molecule has 0 saturated heterocycles. The largest absolute Gasteiger partial charge is 0.481 e. The molecule has 0 radical (unpaired) electrons. The summed E-state index contributed by atoms with van der Waals surface area (Å²) in [6, 6.07) is 11.5. The van der Waals surface area contributed by atoms with Crippen molar-refractivity contribution in [3.63, 3.8) is 0 Å². The molecule has 17 nitrogen and oxygen atoms in total. The van der Waals surface area contributed by atoms with Gasteiger partial charge >= 0.3 is 16.4 Å². The molecule has 2 aromatic carbocycles. The lowest BCUT2D eigenvalue weighted by Gasteiger charge is -2.08. The quantitative estimate of drug-likeness (QED) is 0.0322. The Hall–Kier alpha value is -4.07. The first kappa shape index (κ1) is 33.1. The third kappa shape index (κ3) is 12.3. The number of benzene rings is 2. The standard InChI is InChI=1S/C20H15ClN8O8S3.H2O/c21-18-25-19(27-20(26-18)39-10-17(30)31)24-13-3-6-15(16(9-13)23-11-35-22)29-28-12-1-4-14(5-2-12)38-8-7-36-37-40(32,33)34;/h1-6,9,11H,10,22H2,(H,30,31)(H,32,33,34)(H,24,25,26,27);1H2. The van der Waals surface area contributed by atoms with E-state index < -0.39 is 16.4 Å². The molecule has 216 valence electrons. The molecule has 0 aliphatic rings. The fraction of sp³-hybridized carbons (Fsp3) is 0.0500. The number of nitrogens with two attached hydrogens (primary N) is 1. The molecule has 0 atom stereocenters. The lowest BCUT2D eigenvalue weighted by Crippen LogP contribution is -2.03. The molecule has 3 rings (SSSR count). The second-order valence-corrected chi connectivity index (χ2v) is 9.82. The van der Waals surface area contributed by atoms with Crippen molar-refractivity contribution >= 4 is 86.6 Å². The number of nitrogens with zero attached hydrogens (tertiary/aromatic N) is 6. The van der Waals surface area contributed by atoms with Crippen molar-refractivity contribution < 1.29 is 42.4 Å². The van der Waals surface area contributed by atoms with E-state index in [1.54, 1.807) is 42.5 Å². The minimum Gasteiger partial charge on any atom is -0.481 e. The highest BCUT2D eigenvalue weighted by atomic mass is 35.5. The van der Waals surface area contributed by atoms with Gasteiger partial charge in [-0.1, -0.05) is 11.8 Å². The van der Waals surface area contributed by atoms with Crippen LogP contribution in [-0.4, -0.2) is 56.6 Å². The molecule has 1 heterocycles. The smallest absolute Gasteiger partial charge is 0.433 e. The van der Waals surface area contributed by atoms with E-state index in [-0.39, 0.29) is 27.6 Å². The Bertz CT molecular complexity index is 1580. The van der Waals surface area contributed by atoms with E-state index in [0.717, 1.165) is 29.9 Å². The van der Waals surface area contributed by atoms with E-state index in [9.17, 15) is 13.2 Å². The molecule has 0 spiro atoms. The number of aliphatic carboxylic acids is 1. The molecule has 41 heavy (non-hydrogen) atoms. The van der Waals surface area contributed by atoms with Gasteiger partial charge in [0.2, 0.25) is 17.6 Å². The molecule has 0 unspecified atom stereocenters. The number of azo groups is 1. The molecule has 0 fully saturated rings. The fourth-order valence-electron chi connectivity index (χ4n) is 2.43. The molecule has 1 aromatic heterocycles. The topological polar surface area (TPSA) is 265 Å². The van der Waals surface area contributed by atoms with Crippen LogP contribution in [0.2, 0.25) is 5.28 Å². The average molecular weight is 645 g/mol. The highest BCUT2D eigenvalue weighted by molar-refractivity contribution is 8.04. The van der Waals surface area contributed by atoms with Crippen LogP contribution in [0.15, 0.2) is 67.7 Å². The Kier molecular flexibility index (Phi) is 13.1. The number of carboxylic acids is 1. The average Bonchev–Trinajstić information content (AvgIpc) is 2.89. The summed E-state index contributed by atoms with van der Waals surface area (Å²) in [5, 5.41) is 22.6. The second-order valence-electron chi connectivity index (χ2n) is 6.67. The van der Waals surface area contributed by atoms with Gasteiger partial charge in [-0.15, -0.1) is 5.11 Å². The highest BCUT2D eigenvalue weighted by Crippen LogP contribution is 2.33. The predicted octanol–water partition coefficient (Wildman–Crippen LogP) is 3.35. The van der Waals surface area contributed by atoms with Gasteiger partial charge < -0.3 is 20.7 Å². The van der Waals surface area contributed by atoms with Crippen molar-refractivity contribution in [3.05, 3.63) is 47.7 Å². The van der Waals surface area contributed by atoms with E-state index in [2.05, 4.69) is 54.8 Å². The van der Waals surface area contributed by atoms with Gasteiger partial charge in [0.1, 0.15) is 5.69 Å². The molecule has 7 N–H and O–H groups in total. The van der Waals surface area contributed by atoms with Crippen LogP contribution in [0.5, 0.6) is 0 Å². The number of aromatic nitrogens is 3. The summed E-state index contributed by atoms with van der Waals surface area (Å²) in [6.45, 7) is 0. The third-order valence-electron chi connectivity index (χ3n) is 3.88. The number of hydrogen-bond donors (Lipinski definition) is 4. The fourth-order valence-corrected chi connectivity index (χ4v) is 3.78. The Morgan fingerprint density at radius 1 is 1.15 bits per heavy atom. The summed E-state index contributed by atoms with van der Waals surface area (Å²) in [7, 11) is -4.75. The lowest BCUT2D eigenvalue weighted by molar-refractivity contribution is -0.135. The van der Waals surface area contributed by atoms with Gasteiger partial charge in [0.25, 0.3) is 0 Å². The van der Waals surface area contributed by atoms with Crippen LogP contribution < -0.4 is 11.2 Å². The molecule has 0 saturated carbocycles. The Morgan fingerprint density at radius 2 is 1.90 bits per heavy atom. The van der Waals surface area contributed by atoms with Crippen molar-refractivity contribution in [2.75, 3.05) is 11.1 Å². The molecule has 3 aromatic rings. The number of carbonyl (C=O) groups is 1. The maximum atomic E-state index is 10.8. The van der Waals surface area contributed by atoms with Crippen LogP contribution in [0.4, 0.5) is 28.7 Å². The lowest BCUT2D eigenvalue weighted by atomic mass is 10.2. The number of hydrogen-bond acceptors (Lipinski definition) is 16. The first-order valence-electron chi connectivity index (χ1n) is 10.2. The zero-order valence-corrected chi connectivity index (χ0v) is 23.2. The molecular weight excluding hydrogens is 628 g/mol. The molecule has 0 aliphatic carbocycles. The minimum absolute atomic E-state index is 0. The Balaban J connectivity index is 0.00000588. The van der Waals surface area contributed by atoms with Crippen molar-refractivity contribution in [3.8, 4) is 11.4 Å². The normalized spacial score (nSPS) is 11.0. The van der Waals surface area contributed by atoms with Crippen LogP contribution in [-0.2, 0) is 29.3 Å². The summed E-state index contributed by atoms with van der Waals surface area (Å²) >= 11 is 7.81. The first-order valence-corrected chi connectivity index (χ1v) is 13.7.